The first-order chi connectivity index (χ1) is 11.9. The molecule has 0 saturated carbocycles. The number of benzene rings is 2. The van der Waals surface area contributed by atoms with E-state index >= 15 is 0 Å². The smallest absolute Gasteiger partial charge is 0.346 e. The van der Waals surface area contributed by atoms with E-state index in [2.05, 4.69) is 4.98 Å². The second kappa shape index (κ2) is 6.73. The first-order valence-electron chi connectivity index (χ1n) is 7.05. The molecule has 0 saturated heterocycles. The van der Waals surface area contributed by atoms with Crippen LogP contribution in [0.5, 0.6) is 11.5 Å². The van der Waals surface area contributed by atoms with Crippen LogP contribution in [0.2, 0.25) is 0 Å². The third-order valence-corrected chi connectivity index (χ3v) is 4.48. The number of ether oxygens (including phenoxy) is 1. The van der Waals surface area contributed by atoms with Gasteiger partial charge in [0.25, 0.3) is 10.0 Å². The minimum atomic E-state index is -4.09. The van der Waals surface area contributed by atoms with E-state index < -0.39 is 27.3 Å². The van der Waals surface area contributed by atoms with E-state index in [1.807, 2.05) is 27.9 Å². The Hall–Kier alpha value is -3.20. The SMILES string of the molecule is O=c1ncc(F)c(NS(=O)(=O)c2ccc(Oc3ccccc3)cc2)[nH]1. The molecule has 7 nitrogen and oxygen atoms in total. The number of hydrogen-bond acceptors (Lipinski definition) is 5. The third-order valence-electron chi connectivity index (χ3n) is 3.12. The quantitative estimate of drug-likeness (QED) is 0.727. The Kier molecular flexibility index (Phi) is 4.48. The van der Waals surface area contributed by atoms with E-state index in [0.29, 0.717) is 17.7 Å². The van der Waals surface area contributed by atoms with Gasteiger partial charge in [-0.3, -0.25) is 9.71 Å². The molecule has 0 spiro atoms. The molecule has 128 valence electrons. The van der Waals surface area contributed by atoms with E-state index in [4.69, 9.17) is 4.74 Å². The van der Waals surface area contributed by atoms with Gasteiger partial charge in [0.05, 0.1) is 11.1 Å². The first kappa shape index (κ1) is 16.7. The van der Waals surface area contributed by atoms with Crippen molar-refractivity contribution < 1.29 is 17.5 Å². The van der Waals surface area contributed by atoms with Gasteiger partial charge in [-0.05, 0) is 36.4 Å². The fourth-order valence-electron chi connectivity index (χ4n) is 1.96. The largest absolute Gasteiger partial charge is 0.457 e. The zero-order chi connectivity index (χ0) is 17.9. The van der Waals surface area contributed by atoms with E-state index in [0.717, 1.165) is 0 Å². The summed E-state index contributed by atoms with van der Waals surface area (Å²) < 4.78 is 45.6. The Morgan fingerprint density at radius 1 is 1.00 bits per heavy atom. The molecule has 9 heteroatoms. The predicted molar refractivity (Wildman–Crippen MR) is 88.6 cm³/mol. The van der Waals surface area contributed by atoms with E-state index in [1.165, 1.54) is 24.3 Å². The average molecular weight is 361 g/mol. The molecule has 1 heterocycles. The van der Waals surface area contributed by atoms with Crippen molar-refractivity contribution in [1.29, 1.82) is 0 Å². The van der Waals surface area contributed by atoms with Gasteiger partial charge in [-0.2, -0.15) is 4.98 Å². The second-order valence-electron chi connectivity index (χ2n) is 4.90. The highest BCUT2D eigenvalue weighted by atomic mass is 32.2. The van der Waals surface area contributed by atoms with Crippen LogP contribution in [0.4, 0.5) is 10.2 Å². The molecule has 3 aromatic rings. The maximum atomic E-state index is 13.5. The van der Waals surface area contributed by atoms with Gasteiger partial charge >= 0.3 is 5.69 Å². The molecule has 0 fully saturated rings. The Bertz CT molecular complexity index is 1030. The lowest BCUT2D eigenvalue weighted by molar-refractivity contribution is 0.482. The van der Waals surface area contributed by atoms with Crippen LogP contribution in [0, 0.1) is 5.82 Å². The summed E-state index contributed by atoms with van der Waals surface area (Å²) >= 11 is 0. The Morgan fingerprint density at radius 2 is 1.64 bits per heavy atom. The number of hydrogen-bond donors (Lipinski definition) is 2. The molecule has 0 unspecified atom stereocenters. The molecule has 0 radical (unpaired) electrons. The molecular weight excluding hydrogens is 349 g/mol. The standard InChI is InChI=1S/C16H12FN3O4S/c17-14-10-18-16(21)19-15(14)20-25(22,23)13-8-6-12(7-9-13)24-11-4-2-1-3-5-11/h1-10H,(H2,18,19,20,21). The van der Waals surface area contributed by atoms with Gasteiger partial charge in [-0.1, -0.05) is 18.2 Å². The van der Waals surface area contributed by atoms with Crippen molar-refractivity contribution in [2.45, 2.75) is 4.90 Å². The number of nitrogens with one attached hydrogen (secondary N) is 2. The predicted octanol–water partition coefficient (Wildman–Crippen LogP) is 2.50. The molecule has 0 bridgehead atoms. The molecule has 0 aliphatic rings. The molecule has 3 rings (SSSR count). The summed E-state index contributed by atoms with van der Waals surface area (Å²) in [4.78, 5) is 16.1. The van der Waals surface area contributed by atoms with Crippen LogP contribution >= 0.6 is 0 Å². The molecule has 2 N–H and O–H groups in total. The summed E-state index contributed by atoms with van der Waals surface area (Å²) in [5.74, 6) is -0.530. The van der Waals surface area contributed by atoms with Gasteiger partial charge in [0.2, 0.25) is 0 Å². The lowest BCUT2D eigenvalue weighted by Gasteiger charge is -2.09. The maximum Gasteiger partial charge on any atom is 0.346 e. The van der Waals surface area contributed by atoms with Crippen molar-refractivity contribution in [3.8, 4) is 11.5 Å². The van der Waals surface area contributed by atoms with Crippen LogP contribution < -0.4 is 15.1 Å². The Labute approximate surface area is 142 Å². The molecule has 2 aromatic carbocycles. The third kappa shape index (κ3) is 4.01. The van der Waals surface area contributed by atoms with E-state index in [1.54, 1.807) is 12.1 Å². The molecular formula is C16H12FN3O4S. The number of aromatic nitrogens is 2. The van der Waals surface area contributed by atoms with Crippen LogP contribution in [-0.2, 0) is 10.0 Å². The van der Waals surface area contributed by atoms with Crippen LogP contribution in [0.1, 0.15) is 0 Å². The number of rotatable bonds is 5. The number of para-hydroxylation sites is 1. The van der Waals surface area contributed by atoms with Crippen molar-refractivity contribution in [2.75, 3.05) is 4.72 Å². The van der Waals surface area contributed by atoms with Crippen LogP contribution in [0.15, 0.2) is 70.5 Å². The first-order valence-corrected chi connectivity index (χ1v) is 8.53. The Balaban J connectivity index is 1.81. The number of aromatic amines is 1. The fraction of sp³-hybridized carbons (Fsp3) is 0. The van der Waals surface area contributed by atoms with Crippen molar-refractivity contribution in [2.24, 2.45) is 0 Å². The number of sulfonamides is 1. The van der Waals surface area contributed by atoms with Gasteiger partial charge in [0.1, 0.15) is 11.5 Å². The van der Waals surface area contributed by atoms with Gasteiger partial charge in [0, 0.05) is 0 Å². The molecule has 1 aromatic heterocycles. The minimum absolute atomic E-state index is 0.120. The van der Waals surface area contributed by atoms with Crippen LogP contribution in [0.3, 0.4) is 0 Å². The summed E-state index contributed by atoms with van der Waals surface area (Å²) in [6.07, 6.45) is 0.632. The van der Waals surface area contributed by atoms with Crippen molar-refractivity contribution in [3.63, 3.8) is 0 Å². The summed E-state index contributed by atoms with van der Waals surface area (Å²) in [5, 5.41) is 0. The molecule has 0 aliphatic heterocycles. The number of anilines is 1. The van der Waals surface area contributed by atoms with E-state index in [-0.39, 0.29) is 4.90 Å². The second-order valence-corrected chi connectivity index (χ2v) is 6.59. The molecule has 0 aliphatic carbocycles. The zero-order valence-electron chi connectivity index (χ0n) is 12.6. The number of nitrogens with zero attached hydrogens (tertiary/aromatic N) is 1. The summed E-state index contributed by atoms with van der Waals surface area (Å²) in [6.45, 7) is 0. The highest BCUT2D eigenvalue weighted by molar-refractivity contribution is 7.92. The molecule has 0 atom stereocenters. The monoisotopic (exact) mass is 361 g/mol. The summed E-state index contributed by atoms with van der Waals surface area (Å²) in [5.41, 5.74) is -0.870. The Morgan fingerprint density at radius 3 is 2.32 bits per heavy atom. The summed E-state index contributed by atoms with van der Waals surface area (Å²) in [6, 6.07) is 14.5. The highest BCUT2D eigenvalue weighted by Crippen LogP contribution is 2.23. The fourth-order valence-corrected chi connectivity index (χ4v) is 2.99. The lowest BCUT2D eigenvalue weighted by Crippen LogP contribution is -2.19. The van der Waals surface area contributed by atoms with Gasteiger partial charge in [-0.15, -0.1) is 0 Å². The van der Waals surface area contributed by atoms with Crippen LogP contribution in [0.25, 0.3) is 0 Å². The minimum Gasteiger partial charge on any atom is -0.457 e. The van der Waals surface area contributed by atoms with Crippen molar-refractivity contribution in [3.05, 3.63) is 77.1 Å². The van der Waals surface area contributed by atoms with Crippen LogP contribution in [-0.4, -0.2) is 18.4 Å². The van der Waals surface area contributed by atoms with Crippen molar-refractivity contribution >= 4 is 15.8 Å². The molecule has 25 heavy (non-hydrogen) atoms. The number of halogens is 1. The van der Waals surface area contributed by atoms with Gasteiger partial charge in [-0.25, -0.2) is 17.6 Å². The van der Waals surface area contributed by atoms with E-state index in [9.17, 15) is 17.6 Å². The normalized spacial score (nSPS) is 11.1. The highest BCUT2D eigenvalue weighted by Gasteiger charge is 2.17. The maximum absolute atomic E-state index is 13.5. The topological polar surface area (TPSA) is 101 Å². The summed E-state index contributed by atoms with van der Waals surface area (Å²) in [7, 11) is -4.09. The lowest BCUT2D eigenvalue weighted by atomic mass is 10.3. The number of H-pyrrole nitrogens is 1. The van der Waals surface area contributed by atoms with Gasteiger partial charge in [0.15, 0.2) is 11.6 Å². The van der Waals surface area contributed by atoms with Gasteiger partial charge < -0.3 is 4.74 Å². The zero-order valence-corrected chi connectivity index (χ0v) is 13.5. The van der Waals surface area contributed by atoms with Crippen molar-refractivity contribution in [1.82, 2.24) is 9.97 Å². The molecule has 0 amide bonds. The average Bonchev–Trinajstić information content (AvgIpc) is 2.59.